The van der Waals surface area contributed by atoms with Gasteiger partial charge >= 0.3 is 0 Å². The van der Waals surface area contributed by atoms with Crippen LogP contribution in [0.25, 0.3) is 0 Å². The summed E-state index contributed by atoms with van der Waals surface area (Å²) in [6.45, 7) is 0.479. The quantitative estimate of drug-likeness (QED) is 0.385. The monoisotopic (exact) mass is 473 g/mol. The van der Waals surface area contributed by atoms with E-state index in [0.717, 1.165) is 30.2 Å². The molecule has 0 radical (unpaired) electrons. The van der Waals surface area contributed by atoms with Gasteiger partial charge in [0.25, 0.3) is 0 Å². The first kappa shape index (κ1) is 20.6. The Hall–Kier alpha value is -1.74. The largest absolute Gasteiger partial charge is 0.380 e. The predicted molar refractivity (Wildman–Crippen MR) is 110 cm³/mol. The molecule has 0 unspecified atom stereocenters. The van der Waals surface area contributed by atoms with E-state index < -0.39 is 11.6 Å². The Kier molecular flexibility index (Phi) is 7.33. The molecule has 1 saturated carbocycles. The van der Waals surface area contributed by atoms with Crippen LogP contribution >= 0.6 is 24.0 Å². The molecule has 2 aromatic rings. The summed E-state index contributed by atoms with van der Waals surface area (Å²) in [4.78, 5) is 4.45. The second-order valence-corrected chi connectivity index (χ2v) is 6.25. The lowest BCUT2D eigenvalue weighted by atomic mass is 9.76. The van der Waals surface area contributed by atoms with Crippen molar-refractivity contribution in [2.45, 2.75) is 31.4 Å². The minimum absolute atomic E-state index is 0. The fraction of sp³-hybridized carbons (Fsp3) is 0.316. The number of nitrogens with zero attached hydrogens (tertiary/aromatic N) is 1. The number of aliphatic imine (C=N–C) groups is 1. The first-order chi connectivity index (χ1) is 12.0. The zero-order chi connectivity index (χ0) is 17.8. The molecule has 1 aliphatic rings. The van der Waals surface area contributed by atoms with Crippen LogP contribution in [0.1, 0.15) is 29.9 Å². The fourth-order valence-electron chi connectivity index (χ4n) is 3.07. The molecule has 0 aromatic heterocycles. The van der Waals surface area contributed by atoms with Crippen molar-refractivity contribution < 1.29 is 13.5 Å². The topological polar surface area (TPSA) is 59.6 Å². The molecule has 0 saturated heterocycles. The Bertz CT molecular complexity index is 759. The summed E-state index contributed by atoms with van der Waals surface area (Å²) in [6, 6.07) is 11.4. The lowest BCUT2D eigenvalue weighted by Crippen LogP contribution is -2.31. The summed E-state index contributed by atoms with van der Waals surface area (Å²) in [7, 11) is 1.64. The number of guanidine groups is 1. The fourth-order valence-corrected chi connectivity index (χ4v) is 3.07. The van der Waals surface area contributed by atoms with Gasteiger partial charge < -0.3 is 15.8 Å². The lowest BCUT2D eigenvalue weighted by molar-refractivity contribution is 0.185. The van der Waals surface area contributed by atoms with Crippen LogP contribution in [0.5, 0.6) is 0 Å². The molecule has 0 atom stereocenters. The maximum atomic E-state index is 13.3. The summed E-state index contributed by atoms with van der Waals surface area (Å²) >= 11 is 0. The van der Waals surface area contributed by atoms with Crippen LogP contribution < -0.4 is 11.1 Å². The highest BCUT2D eigenvalue weighted by molar-refractivity contribution is 14.0. The number of ether oxygens (including phenoxy) is 1. The van der Waals surface area contributed by atoms with E-state index in [1.54, 1.807) is 7.11 Å². The van der Waals surface area contributed by atoms with Crippen molar-refractivity contribution in [2.75, 3.05) is 12.4 Å². The molecule has 26 heavy (non-hydrogen) atoms. The molecule has 1 aliphatic carbocycles. The highest BCUT2D eigenvalue weighted by Crippen LogP contribution is 2.39. The normalized spacial score (nSPS) is 19.4. The van der Waals surface area contributed by atoms with E-state index in [-0.39, 0.29) is 35.9 Å². The van der Waals surface area contributed by atoms with Crippen molar-refractivity contribution in [3.8, 4) is 0 Å². The third-order valence-electron chi connectivity index (χ3n) is 4.37. The van der Waals surface area contributed by atoms with Crippen LogP contribution in [-0.2, 0) is 11.3 Å². The molecule has 0 aliphatic heterocycles. The molecule has 4 nitrogen and oxygen atoms in total. The Morgan fingerprint density at radius 3 is 2.50 bits per heavy atom. The standard InChI is InChI=1S/C19H21F2N3O.HI/c1-25-11-12-4-2-3-5-18(12)24-19(22)23-17-8-14(9-17)13-6-15(20)10-16(21)7-13;/h2-7,10,14,17H,8-9,11H2,1H3,(H3,22,23,24);1H. The van der Waals surface area contributed by atoms with Gasteiger partial charge in [-0.2, -0.15) is 0 Å². The van der Waals surface area contributed by atoms with Crippen LogP contribution in [0, 0.1) is 11.6 Å². The number of hydrogen-bond acceptors (Lipinski definition) is 2. The minimum Gasteiger partial charge on any atom is -0.380 e. The van der Waals surface area contributed by atoms with Crippen molar-refractivity contribution in [2.24, 2.45) is 10.7 Å². The van der Waals surface area contributed by atoms with Gasteiger partial charge in [0.05, 0.1) is 12.6 Å². The van der Waals surface area contributed by atoms with Crippen LogP contribution in [0.2, 0.25) is 0 Å². The number of para-hydroxylation sites is 1. The second-order valence-electron chi connectivity index (χ2n) is 6.25. The number of benzene rings is 2. The number of halogens is 3. The first-order valence-corrected chi connectivity index (χ1v) is 8.18. The summed E-state index contributed by atoms with van der Waals surface area (Å²) < 4.78 is 31.7. The van der Waals surface area contributed by atoms with Crippen molar-refractivity contribution in [1.29, 1.82) is 0 Å². The molecule has 3 N–H and O–H groups in total. The smallest absolute Gasteiger partial charge is 0.193 e. The zero-order valence-corrected chi connectivity index (χ0v) is 16.7. The highest BCUT2D eigenvalue weighted by Gasteiger charge is 2.31. The molecule has 1 fully saturated rings. The third kappa shape index (κ3) is 5.14. The molecular weight excluding hydrogens is 451 g/mol. The van der Waals surface area contributed by atoms with E-state index in [0.29, 0.717) is 18.1 Å². The van der Waals surface area contributed by atoms with E-state index in [4.69, 9.17) is 10.5 Å². The van der Waals surface area contributed by atoms with E-state index >= 15 is 0 Å². The molecule has 0 amide bonds. The third-order valence-corrected chi connectivity index (χ3v) is 4.37. The van der Waals surface area contributed by atoms with Crippen molar-refractivity contribution in [1.82, 2.24) is 0 Å². The van der Waals surface area contributed by atoms with Gasteiger partial charge in [-0.15, -0.1) is 24.0 Å². The van der Waals surface area contributed by atoms with Gasteiger partial charge in [-0.05, 0) is 42.5 Å². The van der Waals surface area contributed by atoms with Crippen LogP contribution in [0.4, 0.5) is 14.5 Å². The van der Waals surface area contributed by atoms with Gasteiger partial charge in [-0.25, -0.2) is 13.8 Å². The van der Waals surface area contributed by atoms with Gasteiger partial charge in [-0.1, -0.05) is 18.2 Å². The number of anilines is 1. The minimum atomic E-state index is -0.544. The van der Waals surface area contributed by atoms with Gasteiger partial charge in [0, 0.05) is 24.4 Å². The van der Waals surface area contributed by atoms with E-state index in [1.165, 1.54) is 12.1 Å². The number of hydrogen-bond donors (Lipinski definition) is 2. The maximum absolute atomic E-state index is 13.3. The van der Waals surface area contributed by atoms with Crippen molar-refractivity contribution in [3.63, 3.8) is 0 Å². The average Bonchev–Trinajstić information content (AvgIpc) is 2.51. The summed E-state index contributed by atoms with van der Waals surface area (Å²) in [5.41, 5.74) is 8.52. The molecule has 2 aromatic carbocycles. The Labute approximate surface area is 168 Å². The molecule has 140 valence electrons. The van der Waals surface area contributed by atoms with Crippen LogP contribution in [0.15, 0.2) is 47.5 Å². The Balaban J connectivity index is 0.00000243. The van der Waals surface area contributed by atoms with E-state index in [2.05, 4.69) is 10.3 Å². The molecule has 0 bridgehead atoms. The number of methoxy groups -OCH3 is 1. The molecular formula is C19H22F2IN3O. The highest BCUT2D eigenvalue weighted by atomic mass is 127. The van der Waals surface area contributed by atoms with Gasteiger partial charge in [0.2, 0.25) is 0 Å². The first-order valence-electron chi connectivity index (χ1n) is 8.18. The second kappa shape index (κ2) is 9.27. The molecule has 0 spiro atoms. The Morgan fingerprint density at radius 1 is 1.19 bits per heavy atom. The zero-order valence-electron chi connectivity index (χ0n) is 14.4. The lowest BCUT2D eigenvalue weighted by Gasteiger charge is -2.33. The molecule has 7 heteroatoms. The molecule has 0 heterocycles. The predicted octanol–water partition coefficient (Wildman–Crippen LogP) is 4.40. The summed E-state index contributed by atoms with van der Waals surface area (Å²) in [5, 5.41) is 3.10. The van der Waals surface area contributed by atoms with Gasteiger partial charge in [0.15, 0.2) is 5.96 Å². The molecule has 3 rings (SSSR count). The van der Waals surface area contributed by atoms with E-state index in [1.807, 2.05) is 24.3 Å². The van der Waals surface area contributed by atoms with Crippen LogP contribution in [0.3, 0.4) is 0 Å². The van der Waals surface area contributed by atoms with Crippen molar-refractivity contribution >= 4 is 35.6 Å². The number of nitrogens with two attached hydrogens (primary N) is 1. The van der Waals surface area contributed by atoms with E-state index in [9.17, 15) is 8.78 Å². The summed E-state index contributed by atoms with van der Waals surface area (Å²) in [5.74, 6) is -0.638. The van der Waals surface area contributed by atoms with Gasteiger partial charge in [0.1, 0.15) is 11.6 Å². The number of nitrogens with one attached hydrogen (secondary N) is 1. The maximum Gasteiger partial charge on any atom is 0.193 e. The average molecular weight is 473 g/mol. The van der Waals surface area contributed by atoms with Crippen molar-refractivity contribution in [3.05, 3.63) is 65.2 Å². The SMILES string of the molecule is COCc1ccccc1NC(N)=NC1CC(c2cc(F)cc(F)c2)C1.I. The number of rotatable bonds is 5. The summed E-state index contributed by atoms with van der Waals surface area (Å²) in [6.07, 6.45) is 1.45. The van der Waals surface area contributed by atoms with Gasteiger partial charge in [-0.3, -0.25) is 0 Å². The Morgan fingerprint density at radius 2 is 1.85 bits per heavy atom. The van der Waals surface area contributed by atoms with Crippen LogP contribution in [-0.4, -0.2) is 19.1 Å².